The molecule has 0 bridgehead atoms. The van der Waals surface area contributed by atoms with Gasteiger partial charge in [0.2, 0.25) is 0 Å². The van der Waals surface area contributed by atoms with Crippen LogP contribution in [0.25, 0.3) is 11.3 Å². The second kappa shape index (κ2) is 3.39. The molecule has 0 amide bonds. The monoisotopic (exact) mass is 182 g/mol. The molecule has 0 aliphatic carbocycles. The Kier molecular flexibility index (Phi) is 2.08. The first-order valence-corrected chi connectivity index (χ1v) is 4.43. The zero-order valence-electron chi connectivity index (χ0n) is 7.94. The number of nitrogens with zero attached hydrogens (tertiary/aromatic N) is 2. The number of nitriles is 1. The summed E-state index contributed by atoms with van der Waals surface area (Å²) < 4.78 is 2.06. The summed E-state index contributed by atoms with van der Waals surface area (Å²) in [4.78, 5) is 0. The van der Waals surface area contributed by atoms with Gasteiger partial charge < -0.3 is 4.57 Å². The first kappa shape index (κ1) is 8.58. The maximum Gasteiger partial charge on any atom is 0.0991 e. The van der Waals surface area contributed by atoms with E-state index in [1.165, 1.54) is 0 Å². The van der Waals surface area contributed by atoms with E-state index in [1.807, 2.05) is 43.6 Å². The first-order chi connectivity index (χ1) is 6.81. The van der Waals surface area contributed by atoms with E-state index in [0.29, 0.717) is 5.56 Å². The van der Waals surface area contributed by atoms with Crippen LogP contribution in [-0.4, -0.2) is 4.57 Å². The predicted octanol–water partition coefficient (Wildman–Crippen LogP) is 2.56. The molecule has 0 atom stereocenters. The van der Waals surface area contributed by atoms with Gasteiger partial charge in [-0.3, -0.25) is 0 Å². The number of benzene rings is 1. The average molecular weight is 182 g/mol. The molecule has 1 heterocycles. The van der Waals surface area contributed by atoms with Gasteiger partial charge in [0.05, 0.1) is 11.6 Å². The van der Waals surface area contributed by atoms with E-state index in [2.05, 4.69) is 16.7 Å². The molecule has 0 spiro atoms. The fourth-order valence-electron chi connectivity index (χ4n) is 1.48. The molecule has 0 aliphatic heterocycles. The van der Waals surface area contributed by atoms with Crippen molar-refractivity contribution >= 4 is 0 Å². The Morgan fingerprint density at radius 1 is 1.14 bits per heavy atom. The quantitative estimate of drug-likeness (QED) is 0.666. The summed E-state index contributed by atoms with van der Waals surface area (Å²) in [6, 6.07) is 13.8. The van der Waals surface area contributed by atoms with E-state index in [9.17, 15) is 0 Å². The van der Waals surface area contributed by atoms with Gasteiger partial charge in [-0.15, -0.1) is 0 Å². The van der Waals surface area contributed by atoms with Crippen LogP contribution in [0.4, 0.5) is 0 Å². The lowest BCUT2D eigenvalue weighted by Crippen LogP contribution is -1.88. The van der Waals surface area contributed by atoms with Gasteiger partial charge in [-0.05, 0) is 29.8 Å². The van der Waals surface area contributed by atoms with E-state index in [1.54, 1.807) is 0 Å². The third kappa shape index (κ3) is 1.40. The standard InChI is InChI=1S/C12H10N2/c1-14-8-2-3-12(14)11-6-4-10(9-13)5-7-11/h2-8H,1H3. The van der Waals surface area contributed by atoms with Crippen molar-refractivity contribution in [3.05, 3.63) is 48.2 Å². The van der Waals surface area contributed by atoms with Gasteiger partial charge in [0.15, 0.2) is 0 Å². The van der Waals surface area contributed by atoms with E-state index < -0.39 is 0 Å². The van der Waals surface area contributed by atoms with Crippen molar-refractivity contribution in [1.29, 1.82) is 5.26 Å². The molecular weight excluding hydrogens is 172 g/mol. The SMILES string of the molecule is Cn1cccc1-c1ccc(C#N)cc1. The van der Waals surface area contributed by atoms with Gasteiger partial charge in [0.25, 0.3) is 0 Å². The van der Waals surface area contributed by atoms with Gasteiger partial charge >= 0.3 is 0 Å². The van der Waals surface area contributed by atoms with Crippen LogP contribution in [0.5, 0.6) is 0 Å². The van der Waals surface area contributed by atoms with Crippen molar-refractivity contribution < 1.29 is 0 Å². The van der Waals surface area contributed by atoms with Crippen molar-refractivity contribution in [2.24, 2.45) is 7.05 Å². The number of rotatable bonds is 1. The Balaban J connectivity index is 2.45. The van der Waals surface area contributed by atoms with E-state index >= 15 is 0 Å². The van der Waals surface area contributed by atoms with E-state index in [0.717, 1.165) is 11.3 Å². The number of hydrogen-bond donors (Lipinski definition) is 0. The molecule has 0 unspecified atom stereocenters. The Labute approximate surface area is 83.0 Å². The molecule has 2 rings (SSSR count). The highest BCUT2D eigenvalue weighted by atomic mass is 14.9. The Bertz CT molecular complexity index is 472. The summed E-state index contributed by atoms with van der Waals surface area (Å²) in [6.45, 7) is 0. The first-order valence-electron chi connectivity index (χ1n) is 4.43. The second-order valence-corrected chi connectivity index (χ2v) is 3.19. The number of hydrogen-bond acceptors (Lipinski definition) is 1. The van der Waals surface area contributed by atoms with Gasteiger partial charge in [-0.25, -0.2) is 0 Å². The Hall–Kier alpha value is -2.01. The second-order valence-electron chi connectivity index (χ2n) is 3.19. The maximum atomic E-state index is 8.66. The van der Waals surface area contributed by atoms with Crippen LogP contribution in [0.2, 0.25) is 0 Å². The molecule has 2 aromatic rings. The lowest BCUT2D eigenvalue weighted by atomic mass is 10.1. The van der Waals surface area contributed by atoms with Crippen LogP contribution in [0.15, 0.2) is 42.6 Å². The summed E-state index contributed by atoms with van der Waals surface area (Å²) >= 11 is 0. The molecule has 0 saturated carbocycles. The molecule has 2 nitrogen and oxygen atoms in total. The zero-order valence-corrected chi connectivity index (χ0v) is 7.94. The summed E-state index contributed by atoms with van der Waals surface area (Å²) in [5.74, 6) is 0. The zero-order chi connectivity index (χ0) is 9.97. The van der Waals surface area contributed by atoms with E-state index in [4.69, 9.17) is 5.26 Å². The highest BCUT2D eigenvalue weighted by molar-refractivity contribution is 5.61. The number of aryl methyl sites for hydroxylation is 1. The Morgan fingerprint density at radius 3 is 2.36 bits per heavy atom. The highest BCUT2D eigenvalue weighted by Gasteiger charge is 2.00. The lowest BCUT2D eigenvalue weighted by Gasteiger charge is -2.02. The largest absolute Gasteiger partial charge is 0.351 e. The highest BCUT2D eigenvalue weighted by Crippen LogP contribution is 2.19. The summed E-state index contributed by atoms with van der Waals surface area (Å²) in [7, 11) is 2.01. The van der Waals surface area contributed by atoms with Crippen molar-refractivity contribution in [1.82, 2.24) is 4.57 Å². The minimum atomic E-state index is 0.697. The van der Waals surface area contributed by atoms with Gasteiger partial charge in [-0.2, -0.15) is 5.26 Å². The minimum Gasteiger partial charge on any atom is -0.351 e. The van der Waals surface area contributed by atoms with Gasteiger partial charge in [-0.1, -0.05) is 12.1 Å². The molecule has 0 saturated heterocycles. The van der Waals surface area contributed by atoms with Crippen molar-refractivity contribution in [2.75, 3.05) is 0 Å². The van der Waals surface area contributed by atoms with Gasteiger partial charge in [0.1, 0.15) is 0 Å². The lowest BCUT2D eigenvalue weighted by molar-refractivity contribution is 0.937. The molecule has 0 aliphatic rings. The molecule has 1 aromatic carbocycles. The third-order valence-corrected chi connectivity index (χ3v) is 2.25. The third-order valence-electron chi connectivity index (χ3n) is 2.25. The average Bonchev–Trinajstić information content (AvgIpc) is 2.65. The predicted molar refractivity (Wildman–Crippen MR) is 55.6 cm³/mol. The molecule has 14 heavy (non-hydrogen) atoms. The summed E-state index contributed by atoms with van der Waals surface area (Å²) in [6.07, 6.45) is 2.01. The van der Waals surface area contributed by atoms with Crippen molar-refractivity contribution in [2.45, 2.75) is 0 Å². The van der Waals surface area contributed by atoms with Crippen LogP contribution >= 0.6 is 0 Å². The van der Waals surface area contributed by atoms with Crippen LogP contribution in [0.1, 0.15) is 5.56 Å². The number of aromatic nitrogens is 1. The molecular formula is C12H10N2. The molecule has 0 N–H and O–H groups in total. The normalized spacial score (nSPS) is 9.71. The van der Waals surface area contributed by atoms with Crippen molar-refractivity contribution in [3.63, 3.8) is 0 Å². The molecule has 1 aromatic heterocycles. The fourth-order valence-corrected chi connectivity index (χ4v) is 1.48. The van der Waals surface area contributed by atoms with Crippen LogP contribution in [0.3, 0.4) is 0 Å². The summed E-state index contributed by atoms with van der Waals surface area (Å²) in [5.41, 5.74) is 2.99. The molecule has 2 heteroatoms. The van der Waals surface area contributed by atoms with Crippen LogP contribution < -0.4 is 0 Å². The molecule has 0 fully saturated rings. The van der Waals surface area contributed by atoms with Crippen LogP contribution in [-0.2, 0) is 7.05 Å². The maximum absolute atomic E-state index is 8.66. The van der Waals surface area contributed by atoms with Crippen LogP contribution in [0, 0.1) is 11.3 Å². The topological polar surface area (TPSA) is 28.7 Å². The Morgan fingerprint density at radius 2 is 1.86 bits per heavy atom. The van der Waals surface area contributed by atoms with Crippen molar-refractivity contribution in [3.8, 4) is 17.3 Å². The smallest absolute Gasteiger partial charge is 0.0991 e. The van der Waals surface area contributed by atoms with Gasteiger partial charge in [0, 0.05) is 18.9 Å². The minimum absolute atomic E-state index is 0.697. The molecule has 68 valence electrons. The summed E-state index contributed by atoms with van der Waals surface area (Å²) in [5, 5.41) is 8.66. The molecule has 0 radical (unpaired) electrons. The fraction of sp³-hybridized carbons (Fsp3) is 0.0833. The van der Waals surface area contributed by atoms with E-state index in [-0.39, 0.29) is 0 Å².